The highest BCUT2D eigenvalue weighted by Crippen LogP contribution is 2.25. The highest BCUT2D eigenvalue weighted by molar-refractivity contribution is 7.99. The molecule has 2 heterocycles. The molecule has 0 aromatic heterocycles. The summed E-state index contributed by atoms with van der Waals surface area (Å²) in [6.45, 7) is 4.98. The minimum absolute atomic E-state index is 0.781. The molecule has 0 spiro atoms. The lowest BCUT2D eigenvalue weighted by molar-refractivity contribution is 0.248. The molecule has 1 N–H and O–H groups in total. The third-order valence-electron chi connectivity index (χ3n) is 3.94. The van der Waals surface area contributed by atoms with E-state index in [1.54, 1.807) is 0 Å². The molecule has 1 fully saturated rings. The van der Waals surface area contributed by atoms with Gasteiger partial charge in [-0.3, -0.25) is 0 Å². The molecule has 18 heavy (non-hydrogen) atoms. The molecule has 2 aliphatic rings. The van der Waals surface area contributed by atoms with Gasteiger partial charge in [0.1, 0.15) is 0 Å². The normalized spacial score (nSPS) is 25.0. The molecule has 0 radical (unpaired) electrons. The standard InChI is InChI=1S/C15H22N2S/c1-2-5-15-14(4-1)10-13(11-16-15)12-17-6-3-8-18-9-7-17/h1-2,4-5,13,16H,3,6-12H2. The fraction of sp³-hybridized carbons (Fsp3) is 0.600. The van der Waals surface area contributed by atoms with Crippen molar-refractivity contribution in [3.8, 4) is 0 Å². The van der Waals surface area contributed by atoms with Gasteiger partial charge in [-0.25, -0.2) is 0 Å². The SMILES string of the molecule is c1ccc2c(c1)CC(CN1CCCSCC1)CN2. The van der Waals surface area contributed by atoms with Crippen molar-refractivity contribution in [2.45, 2.75) is 12.8 Å². The number of anilines is 1. The van der Waals surface area contributed by atoms with E-state index in [1.165, 1.54) is 55.2 Å². The third kappa shape index (κ3) is 3.01. The van der Waals surface area contributed by atoms with E-state index in [-0.39, 0.29) is 0 Å². The molecule has 1 aromatic carbocycles. The zero-order chi connectivity index (χ0) is 12.2. The van der Waals surface area contributed by atoms with Crippen LogP contribution in [0.3, 0.4) is 0 Å². The largest absolute Gasteiger partial charge is 0.384 e. The van der Waals surface area contributed by atoms with Crippen molar-refractivity contribution < 1.29 is 0 Å². The van der Waals surface area contributed by atoms with Crippen LogP contribution in [0.2, 0.25) is 0 Å². The molecule has 2 aliphatic heterocycles. The second-order valence-electron chi connectivity index (χ2n) is 5.37. The number of nitrogens with one attached hydrogen (secondary N) is 1. The Morgan fingerprint density at radius 2 is 2.17 bits per heavy atom. The highest BCUT2D eigenvalue weighted by atomic mass is 32.2. The van der Waals surface area contributed by atoms with E-state index in [4.69, 9.17) is 0 Å². The van der Waals surface area contributed by atoms with E-state index in [0.29, 0.717) is 0 Å². The average Bonchev–Trinajstić information content (AvgIpc) is 2.67. The molecule has 1 aromatic rings. The zero-order valence-corrected chi connectivity index (χ0v) is 11.7. The summed E-state index contributed by atoms with van der Waals surface area (Å²) in [5, 5.41) is 3.59. The summed E-state index contributed by atoms with van der Waals surface area (Å²) in [6.07, 6.45) is 2.61. The van der Waals surface area contributed by atoms with Gasteiger partial charge in [-0.1, -0.05) is 18.2 Å². The van der Waals surface area contributed by atoms with Crippen molar-refractivity contribution in [3.05, 3.63) is 29.8 Å². The van der Waals surface area contributed by atoms with Gasteiger partial charge in [0, 0.05) is 31.1 Å². The Hall–Kier alpha value is -0.670. The molecule has 2 nitrogen and oxygen atoms in total. The predicted molar refractivity (Wildman–Crippen MR) is 80.5 cm³/mol. The second kappa shape index (κ2) is 5.98. The fourth-order valence-electron chi connectivity index (χ4n) is 2.98. The maximum absolute atomic E-state index is 3.59. The molecule has 0 amide bonds. The first-order chi connectivity index (χ1) is 8.92. The number of thioether (sulfide) groups is 1. The lowest BCUT2D eigenvalue weighted by Gasteiger charge is -2.30. The predicted octanol–water partition coefficient (Wildman–Crippen LogP) is 2.71. The molecular weight excluding hydrogens is 240 g/mol. The number of rotatable bonds is 2. The van der Waals surface area contributed by atoms with Gasteiger partial charge < -0.3 is 10.2 Å². The van der Waals surface area contributed by atoms with Gasteiger partial charge >= 0.3 is 0 Å². The van der Waals surface area contributed by atoms with Crippen molar-refractivity contribution in [2.75, 3.05) is 43.0 Å². The Balaban J connectivity index is 1.58. The van der Waals surface area contributed by atoms with Gasteiger partial charge in [0.25, 0.3) is 0 Å². The van der Waals surface area contributed by atoms with Crippen LogP contribution in [-0.4, -0.2) is 42.6 Å². The summed E-state index contributed by atoms with van der Waals surface area (Å²) < 4.78 is 0. The fourth-order valence-corrected chi connectivity index (χ4v) is 3.91. The van der Waals surface area contributed by atoms with E-state index < -0.39 is 0 Å². The Morgan fingerprint density at radius 3 is 3.17 bits per heavy atom. The molecule has 3 heteroatoms. The summed E-state index contributed by atoms with van der Waals surface area (Å²) in [5.74, 6) is 3.45. The van der Waals surface area contributed by atoms with E-state index in [2.05, 4.69) is 46.2 Å². The Bertz CT molecular complexity index is 386. The summed E-state index contributed by atoms with van der Waals surface area (Å²) in [7, 11) is 0. The van der Waals surface area contributed by atoms with Crippen LogP contribution in [-0.2, 0) is 6.42 Å². The van der Waals surface area contributed by atoms with Crippen molar-refractivity contribution in [1.29, 1.82) is 0 Å². The Kier molecular flexibility index (Phi) is 4.11. The van der Waals surface area contributed by atoms with Crippen LogP contribution in [0.15, 0.2) is 24.3 Å². The van der Waals surface area contributed by atoms with E-state index in [1.807, 2.05) is 0 Å². The van der Waals surface area contributed by atoms with E-state index >= 15 is 0 Å². The maximum atomic E-state index is 3.59. The molecule has 1 unspecified atom stereocenters. The zero-order valence-electron chi connectivity index (χ0n) is 10.9. The average molecular weight is 262 g/mol. The number of nitrogens with zero attached hydrogens (tertiary/aromatic N) is 1. The van der Waals surface area contributed by atoms with Gasteiger partial charge in [0.2, 0.25) is 0 Å². The van der Waals surface area contributed by atoms with Gasteiger partial charge in [-0.05, 0) is 42.7 Å². The number of para-hydroxylation sites is 1. The molecule has 3 rings (SSSR count). The van der Waals surface area contributed by atoms with Gasteiger partial charge in [0.05, 0.1) is 0 Å². The molecule has 0 saturated carbocycles. The molecule has 1 atom stereocenters. The monoisotopic (exact) mass is 262 g/mol. The van der Waals surface area contributed by atoms with Crippen molar-refractivity contribution in [1.82, 2.24) is 4.90 Å². The topological polar surface area (TPSA) is 15.3 Å². The molecule has 1 saturated heterocycles. The van der Waals surface area contributed by atoms with E-state index in [9.17, 15) is 0 Å². The minimum atomic E-state index is 0.781. The molecule has 0 bridgehead atoms. The van der Waals surface area contributed by atoms with E-state index in [0.717, 1.165) is 12.5 Å². The first-order valence-corrected chi connectivity index (χ1v) is 8.19. The van der Waals surface area contributed by atoms with Gasteiger partial charge in [-0.2, -0.15) is 11.8 Å². The summed E-state index contributed by atoms with van der Waals surface area (Å²) in [4.78, 5) is 2.67. The van der Waals surface area contributed by atoms with Gasteiger partial charge in [-0.15, -0.1) is 0 Å². The van der Waals surface area contributed by atoms with Crippen LogP contribution in [0.4, 0.5) is 5.69 Å². The molecule has 0 aliphatic carbocycles. The van der Waals surface area contributed by atoms with Crippen molar-refractivity contribution in [2.24, 2.45) is 5.92 Å². The summed E-state index contributed by atoms with van der Waals surface area (Å²) >= 11 is 2.11. The lowest BCUT2D eigenvalue weighted by Crippen LogP contribution is -2.37. The van der Waals surface area contributed by atoms with Crippen LogP contribution in [0.1, 0.15) is 12.0 Å². The lowest BCUT2D eigenvalue weighted by atomic mass is 9.93. The smallest absolute Gasteiger partial charge is 0.0372 e. The summed E-state index contributed by atoms with van der Waals surface area (Å²) in [6, 6.07) is 8.75. The number of benzene rings is 1. The first-order valence-electron chi connectivity index (χ1n) is 7.04. The maximum Gasteiger partial charge on any atom is 0.0372 e. The Morgan fingerprint density at radius 1 is 1.22 bits per heavy atom. The second-order valence-corrected chi connectivity index (χ2v) is 6.60. The quantitative estimate of drug-likeness (QED) is 0.882. The molecule has 98 valence electrons. The van der Waals surface area contributed by atoms with Crippen LogP contribution in [0.5, 0.6) is 0 Å². The van der Waals surface area contributed by atoms with Crippen molar-refractivity contribution >= 4 is 17.4 Å². The van der Waals surface area contributed by atoms with Crippen LogP contribution in [0, 0.1) is 5.92 Å². The van der Waals surface area contributed by atoms with Crippen molar-refractivity contribution in [3.63, 3.8) is 0 Å². The highest BCUT2D eigenvalue weighted by Gasteiger charge is 2.20. The third-order valence-corrected chi connectivity index (χ3v) is 4.99. The van der Waals surface area contributed by atoms with Crippen LogP contribution < -0.4 is 5.32 Å². The Labute approximate surface area is 114 Å². The van der Waals surface area contributed by atoms with Crippen LogP contribution in [0.25, 0.3) is 0 Å². The summed E-state index contributed by atoms with van der Waals surface area (Å²) in [5.41, 5.74) is 2.85. The minimum Gasteiger partial charge on any atom is -0.384 e. The van der Waals surface area contributed by atoms with Gasteiger partial charge in [0.15, 0.2) is 0 Å². The molecular formula is C15H22N2S. The number of hydrogen-bond acceptors (Lipinski definition) is 3. The van der Waals surface area contributed by atoms with Crippen LogP contribution >= 0.6 is 11.8 Å². The number of fused-ring (bicyclic) bond motifs is 1. The first kappa shape index (κ1) is 12.4. The number of hydrogen-bond donors (Lipinski definition) is 1.